The van der Waals surface area contributed by atoms with Crippen LogP contribution in [-0.2, 0) is 20.0 Å². The largest absolute Gasteiger partial charge is 0.322 e. The van der Waals surface area contributed by atoms with E-state index in [1.165, 1.54) is 79.8 Å². The third-order valence-electron chi connectivity index (χ3n) is 5.14. The van der Waals surface area contributed by atoms with Crippen molar-refractivity contribution < 1.29 is 21.6 Å². The number of anilines is 3. The molecular weight excluding hydrogens is 577 g/mol. The van der Waals surface area contributed by atoms with Crippen molar-refractivity contribution in [1.82, 2.24) is 0 Å². The van der Waals surface area contributed by atoms with Gasteiger partial charge in [-0.3, -0.25) is 13.8 Å². The molecule has 0 saturated heterocycles. The number of rotatable bonds is 8. The Morgan fingerprint density at radius 2 is 1.46 bits per heavy atom. The summed E-state index contributed by atoms with van der Waals surface area (Å²) in [5.74, 6) is -0.447. The molecule has 0 aliphatic heterocycles. The second kappa shape index (κ2) is 10.7. The Balaban J connectivity index is 1.43. The van der Waals surface area contributed by atoms with Gasteiger partial charge in [0.15, 0.2) is 0 Å². The summed E-state index contributed by atoms with van der Waals surface area (Å²) in [5.41, 5.74) is 1.28. The van der Waals surface area contributed by atoms with Crippen LogP contribution in [0.25, 0.3) is 0 Å². The minimum atomic E-state index is -3.92. The Morgan fingerprint density at radius 3 is 2.03 bits per heavy atom. The molecule has 0 spiro atoms. The van der Waals surface area contributed by atoms with Gasteiger partial charge in [0.1, 0.15) is 4.21 Å². The first kappa shape index (κ1) is 27.0. The van der Waals surface area contributed by atoms with E-state index in [-0.39, 0.29) is 24.8 Å². The number of nitrogens with one attached hydrogen (secondary N) is 2. The van der Waals surface area contributed by atoms with Gasteiger partial charge >= 0.3 is 0 Å². The second-order valence-electron chi connectivity index (χ2n) is 7.69. The average molecular weight is 597 g/mol. The van der Waals surface area contributed by atoms with Crippen LogP contribution < -0.4 is 14.3 Å². The van der Waals surface area contributed by atoms with Crippen LogP contribution in [-0.4, -0.2) is 29.8 Å². The molecule has 0 bridgehead atoms. The van der Waals surface area contributed by atoms with Gasteiger partial charge in [0, 0.05) is 28.3 Å². The van der Waals surface area contributed by atoms with E-state index in [9.17, 15) is 21.6 Å². The Bertz CT molecular complexity index is 1620. The van der Waals surface area contributed by atoms with Crippen molar-refractivity contribution in [3.8, 4) is 0 Å². The predicted molar refractivity (Wildman–Crippen MR) is 148 cm³/mol. The first-order chi connectivity index (χ1) is 17.5. The number of sulfonamides is 2. The summed E-state index contributed by atoms with van der Waals surface area (Å²) >= 11 is 13.0. The van der Waals surface area contributed by atoms with E-state index in [1.807, 2.05) is 0 Å². The van der Waals surface area contributed by atoms with E-state index in [1.54, 1.807) is 11.4 Å². The lowest BCUT2D eigenvalue weighted by molar-refractivity contribution is 0.102. The number of halogens is 2. The summed E-state index contributed by atoms with van der Waals surface area (Å²) in [5, 5.41) is 4.93. The molecule has 0 unspecified atom stereocenters. The zero-order valence-electron chi connectivity index (χ0n) is 19.1. The molecule has 3 aromatic carbocycles. The standard InChI is InChI=1S/C24H19Cl2N3O5S3/c1-29(37(33,34)23-3-2-12-35-23)21-8-4-16(5-9-21)24(30)27-19-6-10-22(11-7-19)36(31,32)28-20-14-17(25)13-18(26)15-20/h2-15,28H,1H3,(H,27,30). The zero-order valence-corrected chi connectivity index (χ0v) is 23.0. The highest BCUT2D eigenvalue weighted by Gasteiger charge is 2.22. The fourth-order valence-electron chi connectivity index (χ4n) is 3.25. The number of amides is 1. The minimum absolute atomic E-state index is 0.0269. The van der Waals surface area contributed by atoms with E-state index < -0.39 is 26.0 Å². The second-order valence-corrected chi connectivity index (χ2v) is 13.4. The Hall–Kier alpha value is -3.09. The first-order valence-corrected chi connectivity index (χ1v) is 15.0. The first-order valence-electron chi connectivity index (χ1n) is 10.5. The quantitative estimate of drug-likeness (QED) is 0.262. The fourth-order valence-corrected chi connectivity index (χ4v) is 7.18. The molecule has 8 nitrogen and oxygen atoms in total. The highest BCUT2D eigenvalue weighted by Crippen LogP contribution is 2.27. The van der Waals surface area contributed by atoms with Crippen LogP contribution in [0.15, 0.2) is 93.3 Å². The Labute approximate surface area is 228 Å². The summed E-state index contributed by atoms with van der Waals surface area (Å²) in [6.45, 7) is 0. The van der Waals surface area contributed by atoms with E-state index in [2.05, 4.69) is 10.0 Å². The predicted octanol–water partition coefficient (Wildman–Crippen LogP) is 5.93. The maximum Gasteiger partial charge on any atom is 0.273 e. The molecule has 192 valence electrons. The lowest BCUT2D eigenvalue weighted by Gasteiger charge is -2.18. The fraction of sp³-hybridized carbons (Fsp3) is 0.0417. The van der Waals surface area contributed by atoms with Crippen LogP contribution in [0.5, 0.6) is 0 Å². The summed E-state index contributed by atoms with van der Waals surface area (Å²) < 4.78 is 54.5. The van der Waals surface area contributed by atoms with Crippen LogP contribution in [0.1, 0.15) is 10.4 Å². The van der Waals surface area contributed by atoms with E-state index in [0.717, 1.165) is 15.6 Å². The van der Waals surface area contributed by atoms with Crippen molar-refractivity contribution in [3.63, 3.8) is 0 Å². The number of hydrogen-bond acceptors (Lipinski definition) is 6. The van der Waals surface area contributed by atoms with Crippen LogP contribution in [0.3, 0.4) is 0 Å². The van der Waals surface area contributed by atoms with Crippen LogP contribution in [0.4, 0.5) is 17.1 Å². The molecule has 0 aliphatic carbocycles. The van der Waals surface area contributed by atoms with Crippen LogP contribution in [0.2, 0.25) is 10.0 Å². The van der Waals surface area contributed by atoms with Gasteiger partial charge in [0.2, 0.25) is 0 Å². The van der Waals surface area contributed by atoms with Crippen molar-refractivity contribution in [1.29, 1.82) is 0 Å². The normalized spacial score (nSPS) is 11.6. The molecule has 0 radical (unpaired) electrons. The monoisotopic (exact) mass is 595 g/mol. The minimum Gasteiger partial charge on any atom is -0.322 e. The van der Waals surface area contributed by atoms with Gasteiger partial charge < -0.3 is 5.32 Å². The molecule has 1 amide bonds. The van der Waals surface area contributed by atoms with E-state index in [0.29, 0.717) is 16.9 Å². The van der Waals surface area contributed by atoms with Crippen molar-refractivity contribution in [3.05, 3.63) is 99.9 Å². The molecule has 1 aromatic heterocycles. The van der Waals surface area contributed by atoms with Gasteiger partial charge in [0.05, 0.1) is 16.3 Å². The molecule has 0 aliphatic rings. The van der Waals surface area contributed by atoms with Crippen molar-refractivity contribution in [2.45, 2.75) is 9.10 Å². The third-order valence-corrected chi connectivity index (χ3v) is 10.1. The van der Waals surface area contributed by atoms with Gasteiger partial charge in [0.25, 0.3) is 26.0 Å². The number of benzene rings is 3. The summed E-state index contributed by atoms with van der Waals surface area (Å²) in [7, 11) is -6.17. The molecule has 1 heterocycles. The highest BCUT2D eigenvalue weighted by molar-refractivity contribution is 7.94. The number of carbonyl (C=O) groups excluding carboxylic acids is 1. The smallest absolute Gasteiger partial charge is 0.273 e. The van der Waals surface area contributed by atoms with E-state index in [4.69, 9.17) is 23.2 Å². The van der Waals surface area contributed by atoms with Crippen molar-refractivity contribution in [2.24, 2.45) is 0 Å². The maximum atomic E-state index is 12.7. The van der Waals surface area contributed by atoms with Gasteiger partial charge in [-0.15, -0.1) is 11.3 Å². The van der Waals surface area contributed by atoms with Crippen molar-refractivity contribution >= 4 is 77.6 Å². The average Bonchev–Trinajstić information content (AvgIpc) is 3.39. The van der Waals surface area contributed by atoms with Crippen LogP contribution >= 0.6 is 34.5 Å². The molecule has 2 N–H and O–H groups in total. The SMILES string of the molecule is CN(c1ccc(C(=O)Nc2ccc(S(=O)(=O)Nc3cc(Cl)cc(Cl)c3)cc2)cc1)S(=O)(=O)c1cccs1. The molecular formula is C24H19Cl2N3O5S3. The zero-order chi connectivity index (χ0) is 26.8. The van der Waals surface area contributed by atoms with Gasteiger partial charge in [-0.05, 0) is 78.2 Å². The summed E-state index contributed by atoms with van der Waals surface area (Å²) in [6.07, 6.45) is 0. The Kier molecular flexibility index (Phi) is 7.81. The molecule has 37 heavy (non-hydrogen) atoms. The van der Waals surface area contributed by atoms with Gasteiger partial charge in [-0.1, -0.05) is 29.3 Å². The topological polar surface area (TPSA) is 113 Å². The molecule has 0 atom stereocenters. The maximum absolute atomic E-state index is 12.7. The summed E-state index contributed by atoms with van der Waals surface area (Å²) in [6, 6.07) is 19.2. The lowest BCUT2D eigenvalue weighted by Crippen LogP contribution is -2.25. The third kappa shape index (κ3) is 6.25. The van der Waals surface area contributed by atoms with Gasteiger partial charge in [-0.2, -0.15) is 0 Å². The molecule has 0 fully saturated rings. The van der Waals surface area contributed by atoms with E-state index >= 15 is 0 Å². The summed E-state index contributed by atoms with van der Waals surface area (Å²) in [4.78, 5) is 12.6. The van der Waals surface area contributed by atoms with Gasteiger partial charge in [-0.25, -0.2) is 16.8 Å². The number of hydrogen-bond donors (Lipinski definition) is 2. The Morgan fingerprint density at radius 1 is 0.838 bits per heavy atom. The number of nitrogens with zero attached hydrogens (tertiary/aromatic N) is 1. The highest BCUT2D eigenvalue weighted by atomic mass is 35.5. The van der Waals surface area contributed by atoms with Crippen molar-refractivity contribution in [2.75, 3.05) is 21.4 Å². The number of carbonyl (C=O) groups is 1. The number of thiophene rings is 1. The molecule has 13 heteroatoms. The molecule has 0 saturated carbocycles. The van der Waals surface area contributed by atoms with Crippen LogP contribution in [0, 0.1) is 0 Å². The molecule has 4 rings (SSSR count). The lowest BCUT2D eigenvalue weighted by atomic mass is 10.2. The molecule has 4 aromatic rings.